The summed E-state index contributed by atoms with van der Waals surface area (Å²) < 4.78 is 2.72. The lowest BCUT2D eigenvalue weighted by Crippen LogP contribution is -1.85. The fourth-order valence-corrected chi connectivity index (χ4v) is 6.38. The lowest BCUT2D eigenvalue weighted by molar-refractivity contribution is 1.26. The van der Waals surface area contributed by atoms with E-state index in [1.165, 1.54) is 64.7 Å². The average molecular weight is 425 g/mol. The van der Waals surface area contributed by atoms with Crippen molar-refractivity contribution in [2.45, 2.75) is 6.42 Å². The average Bonchev–Trinajstić information content (AvgIpc) is 3.42. The van der Waals surface area contributed by atoms with Crippen molar-refractivity contribution >= 4 is 31.5 Å². The van der Waals surface area contributed by atoms with Gasteiger partial charge in [0.05, 0.1) is 0 Å². The van der Waals surface area contributed by atoms with E-state index in [0.29, 0.717) is 0 Å². The van der Waals surface area contributed by atoms with E-state index in [-0.39, 0.29) is 0 Å². The molecule has 0 bridgehead atoms. The van der Waals surface area contributed by atoms with E-state index in [2.05, 4.69) is 109 Å². The molecule has 150 valence electrons. The number of benzene rings is 5. The van der Waals surface area contributed by atoms with Crippen LogP contribution in [0.15, 0.2) is 109 Å². The second-order valence-corrected chi connectivity index (χ2v) is 9.62. The Labute approximate surface area is 191 Å². The Morgan fingerprint density at radius 3 is 2.19 bits per heavy atom. The van der Waals surface area contributed by atoms with Crippen LogP contribution in [0, 0.1) is 0 Å². The zero-order chi connectivity index (χ0) is 21.1. The summed E-state index contributed by atoms with van der Waals surface area (Å²) in [6.07, 6.45) is 1.04. The third-order valence-corrected chi connectivity index (χ3v) is 7.93. The van der Waals surface area contributed by atoms with Crippen molar-refractivity contribution in [3.05, 3.63) is 120 Å². The van der Waals surface area contributed by atoms with Gasteiger partial charge in [0.15, 0.2) is 0 Å². The predicted molar refractivity (Wildman–Crippen MR) is 138 cm³/mol. The molecule has 1 aliphatic rings. The van der Waals surface area contributed by atoms with E-state index >= 15 is 0 Å². The van der Waals surface area contributed by atoms with Crippen molar-refractivity contribution in [3.63, 3.8) is 0 Å². The predicted octanol–water partition coefficient (Wildman–Crippen LogP) is 8.96. The van der Waals surface area contributed by atoms with Crippen molar-refractivity contribution in [1.82, 2.24) is 0 Å². The van der Waals surface area contributed by atoms with Gasteiger partial charge < -0.3 is 0 Å². The third kappa shape index (κ3) is 2.68. The van der Waals surface area contributed by atoms with Gasteiger partial charge in [0.25, 0.3) is 0 Å². The molecule has 7 rings (SSSR count). The highest BCUT2D eigenvalue weighted by Gasteiger charge is 2.18. The van der Waals surface area contributed by atoms with E-state index in [1.54, 1.807) is 0 Å². The van der Waals surface area contributed by atoms with E-state index < -0.39 is 0 Å². The molecule has 6 aromatic rings. The number of hydrogen-bond donors (Lipinski definition) is 0. The fourth-order valence-electron chi connectivity index (χ4n) is 5.14. The molecule has 0 spiro atoms. The molecule has 0 amide bonds. The maximum atomic E-state index is 2.38. The van der Waals surface area contributed by atoms with Gasteiger partial charge in [0, 0.05) is 20.2 Å². The van der Waals surface area contributed by atoms with Gasteiger partial charge in [-0.3, -0.25) is 0 Å². The van der Waals surface area contributed by atoms with E-state index in [0.717, 1.165) is 6.42 Å². The number of thiophene rings is 1. The first-order chi connectivity index (χ1) is 15.8. The van der Waals surface area contributed by atoms with Crippen LogP contribution in [0.2, 0.25) is 0 Å². The molecular weight excluding hydrogens is 404 g/mol. The van der Waals surface area contributed by atoms with Gasteiger partial charge in [0.2, 0.25) is 0 Å². The third-order valence-electron chi connectivity index (χ3n) is 6.71. The highest BCUT2D eigenvalue weighted by Crippen LogP contribution is 2.42. The van der Waals surface area contributed by atoms with Crippen molar-refractivity contribution in [2.24, 2.45) is 0 Å². The standard InChI is InChI=1S/C31H20S/c1-2-10-25-22(7-1)18-24-16-15-21(19-29(24)25)20-8-5-9-23(17-20)26-12-6-13-28-27-11-3-4-14-30(27)32-31(26)28/h1-17,19H,18H2. The Hall–Kier alpha value is -3.68. The minimum Gasteiger partial charge on any atom is -0.135 e. The lowest BCUT2D eigenvalue weighted by atomic mass is 9.95. The quantitative estimate of drug-likeness (QED) is 0.260. The van der Waals surface area contributed by atoms with Crippen LogP contribution in [0.1, 0.15) is 11.1 Å². The summed E-state index contributed by atoms with van der Waals surface area (Å²) >= 11 is 1.89. The maximum absolute atomic E-state index is 2.38. The smallest absolute Gasteiger partial charge is 0.0433 e. The highest BCUT2D eigenvalue weighted by atomic mass is 32.1. The second-order valence-electron chi connectivity index (χ2n) is 8.57. The molecule has 0 saturated carbocycles. The zero-order valence-electron chi connectivity index (χ0n) is 17.5. The Morgan fingerprint density at radius 2 is 1.19 bits per heavy atom. The Morgan fingerprint density at radius 1 is 0.469 bits per heavy atom. The molecule has 0 saturated heterocycles. The summed E-state index contributed by atoms with van der Waals surface area (Å²) in [5, 5.41) is 2.70. The van der Waals surface area contributed by atoms with Gasteiger partial charge in [0.1, 0.15) is 0 Å². The molecule has 32 heavy (non-hydrogen) atoms. The first-order valence-corrected chi connectivity index (χ1v) is 11.9. The second kappa shape index (κ2) is 6.91. The van der Waals surface area contributed by atoms with Gasteiger partial charge >= 0.3 is 0 Å². The molecule has 0 radical (unpaired) electrons. The van der Waals surface area contributed by atoms with Crippen molar-refractivity contribution in [3.8, 4) is 33.4 Å². The summed E-state index contributed by atoms with van der Waals surface area (Å²) in [7, 11) is 0. The summed E-state index contributed by atoms with van der Waals surface area (Å²) in [5.41, 5.74) is 10.8. The van der Waals surface area contributed by atoms with E-state index in [4.69, 9.17) is 0 Å². The van der Waals surface area contributed by atoms with Gasteiger partial charge in [-0.1, -0.05) is 91.0 Å². The monoisotopic (exact) mass is 424 g/mol. The van der Waals surface area contributed by atoms with Crippen molar-refractivity contribution in [2.75, 3.05) is 0 Å². The van der Waals surface area contributed by atoms with Gasteiger partial charge in [-0.05, 0) is 69.1 Å². The number of rotatable bonds is 2. The maximum Gasteiger partial charge on any atom is 0.0433 e. The van der Waals surface area contributed by atoms with Gasteiger partial charge in [-0.2, -0.15) is 0 Å². The zero-order valence-corrected chi connectivity index (χ0v) is 18.3. The molecule has 0 fully saturated rings. The van der Waals surface area contributed by atoms with E-state index in [9.17, 15) is 0 Å². The molecule has 1 heterocycles. The van der Waals surface area contributed by atoms with Gasteiger partial charge in [-0.15, -0.1) is 11.3 Å². The SMILES string of the molecule is c1cc(-c2ccc3c(c2)-c2ccccc2C3)cc(-c2cccc3c2sc2ccccc23)c1. The fraction of sp³-hybridized carbons (Fsp3) is 0.0323. The molecule has 0 unspecified atom stereocenters. The summed E-state index contributed by atoms with van der Waals surface area (Å²) in [4.78, 5) is 0. The number of fused-ring (bicyclic) bond motifs is 6. The van der Waals surface area contributed by atoms with Crippen LogP contribution < -0.4 is 0 Å². The molecule has 0 aliphatic heterocycles. The summed E-state index contributed by atoms with van der Waals surface area (Å²) in [6, 6.07) is 40.2. The Bertz CT molecular complexity index is 1650. The Balaban J connectivity index is 1.37. The van der Waals surface area contributed by atoms with Crippen molar-refractivity contribution in [1.29, 1.82) is 0 Å². The molecular formula is C31H20S. The molecule has 5 aromatic carbocycles. The van der Waals surface area contributed by atoms with Crippen LogP contribution >= 0.6 is 11.3 Å². The largest absolute Gasteiger partial charge is 0.135 e. The van der Waals surface area contributed by atoms with Crippen LogP contribution in [0.25, 0.3) is 53.6 Å². The van der Waals surface area contributed by atoms with Crippen LogP contribution in [0.3, 0.4) is 0 Å². The number of hydrogen-bond acceptors (Lipinski definition) is 1. The topological polar surface area (TPSA) is 0 Å². The molecule has 1 heteroatoms. The van der Waals surface area contributed by atoms with Crippen molar-refractivity contribution < 1.29 is 0 Å². The van der Waals surface area contributed by atoms with Crippen LogP contribution in [0.5, 0.6) is 0 Å². The van der Waals surface area contributed by atoms with Crippen LogP contribution in [-0.4, -0.2) is 0 Å². The first-order valence-electron chi connectivity index (χ1n) is 11.1. The molecule has 0 nitrogen and oxygen atoms in total. The first kappa shape index (κ1) is 17.9. The van der Waals surface area contributed by atoms with Crippen LogP contribution in [-0.2, 0) is 6.42 Å². The van der Waals surface area contributed by atoms with Crippen LogP contribution in [0.4, 0.5) is 0 Å². The normalized spacial score (nSPS) is 12.2. The Kier molecular flexibility index (Phi) is 3.88. The molecule has 0 N–H and O–H groups in total. The minimum atomic E-state index is 1.04. The summed E-state index contributed by atoms with van der Waals surface area (Å²) in [6.45, 7) is 0. The van der Waals surface area contributed by atoms with E-state index in [1.807, 2.05) is 11.3 Å². The molecule has 0 atom stereocenters. The van der Waals surface area contributed by atoms with Gasteiger partial charge in [-0.25, -0.2) is 0 Å². The highest BCUT2D eigenvalue weighted by molar-refractivity contribution is 7.26. The lowest BCUT2D eigenvalue weighted by Gasteiger charge is -2.09. The molecule has 1 aromatic heterocycles. The summed E-state index contributed by atoms with van der Waals surface area (Å²) in [5.74, 6) is 0. The minimum absolute atomic E-state index is 1.04. The molecule has 1 aliphatic carbocycles.